The van der Waals surface area contributed by atoms with Gasteiger partial charge in [0.05, 0.1) is 11.7 Å². The van der Waals surface area contributed by atoms with Gasteiger partial charge in [0.2, 0.25) is 0 Å². The first-order valence-electron chi connectivity index (χ1n) is 6.64. The highest BCUT2D eigenvalue weighted by molar-refractivity contribution is 5.83. The van der Waals surface area contributed by atoms with Crippen molar-refractivity contribution in [1.29, 1.82) is 0 Å². The van der Waals surface area contributed by atoms with E-state index in [0.29, 0.717) is 25.1 Å². The SMILES string of the molecule is Cc1noc(C)c1C(C)NC(=O)N1CCC[C@H]1C(=O)O. The summed E-state index contributed by atoms with van der Waals surface area (Å²) in [4.78, 5) is 24.7. The van der Waals surface area contributed by atoms with Crippen molar-refractivity contribution >= 4 is 12.0 Å². The maximum Gasteiger partial charge on any atom is 0.326 e. The highest BCUT2D eigenvalue weighted by Gasteiger charge is 2.34. The highest BCUT2D eigenvalue weighted by atomic mass is 16.5. The van der Waals surface area contributed by atoms with E-state index in [2.05, 4.69) is 10.5 Å². The third kappa shape index (κ3) is 2.61. The van der Waals surface area contributed by atoms with Gasteiger partial charge in [0.15, 0.2) is 0 Å². The van der Waals surface area contributed by atoms with E-state index in [1.807, 2.05) is 13.8 Å². The van der Waals surface area contributed by atoms with Crippen LogP contribution < -0.4 is 5.32 Å². The molecule has 20 heavy (non-hydrogen) atoms. The fourth-order valence-electron chi connectivity index (χ4n) is 2.72. The van der Waals surface area contributed by atoms with Gasteiger partial charge < -0.3 is 19.8 Å². The molecule has 1 fully saturated rings. The van der Waals surface area contributed by atoms with Gasteiger partial charge in [-0.1, -0.05) is 5.16 Å². The Morgan fingerprint density at radius 2 is 2.20 bits per heavy atom. The predicted molar refractivity (Wildman–Crippen MR) is 70.3 cm³/mol. The Bertz CT molecular complexity index is 506. The molecule has 1 aromatic heterocycles. The van der Waals surface area contributed by atoms with Gasteiger partial charge in [-0.3, -0.25) is 0 Å². The summed E-state index contributed by atoms with van der Waals surface area (Å²) in [6, 6.07) is -1.36. The van der Waals surface area contributed by atoms with E-state index >= 15 is 0 Å². The van der Waals surface area contributed by atoms with Crippen LogP contribution in [0.4, 0.5) is 4.79 Å². The third-order valence-electron chi connectivity index (χ3n) is 3.66. The number of carbonyl (C=O) groups excluding carboxylic acids is 1. The van der Waals surface area contributed by atoms with Crippen molar-refractivity contribution in [3.63, 3.8) is 0 Å². The molecule has 110 valence electrons. The molecule has 1 aromatic rings. The van der Waals surface area contributed by atoms with Crippen molar-refractivity contribution in [2.75, 3.05) is 6.54 Å². The third-order valence-corrected chi connectivity index (χ3v) is 3.66. The van der Waals surface area contributed by atoms with Crippen molar-refractivity contribution in [3.05, 3.63) is 17.0 Å². The lowest BCUT2D eigenvalue weighted by molar-refractivity contribution is -0.141. The summed E-state index contributed by atoms with van der Waals surface area (Å²) in [6.45, 7) is 5.89. The maximum absolute atomic E-state index is 12.2. The van der Waals surface area contributed by atoms with E-state index < -0.39 is 12.0 Å². The van der Waals surface area contributed by atoms with Gasteiger partial charge in [-0.25, -0.2) is 9.59 Å². The number of likely N-dealkylation sites (tertiary alicyclic amines) is 1. The first-order chi connectivity index (χ1) is 9.41. The van der Waals surface area contributed by atoms with Crippen molar-refractivity contribution in [3.8, 4) is 0 Å². The second kappa shape index (κ2) is 5.52. The second-order valence-electron chi connectivity index (χ2n) is 5.10. The lowest BCUT2D eigenvalue weighted by Gasteiger charge is -2.24. The van der Waals surface area contributed by atoms with Crippen LogP contribution in [0.1, 0.15) is 42.8 Å². The lowest BCUT2D eigenvalue weighted by atomic mass is 10.1. The van der Waals surface area contributed by atoms with Gasteiger partial charge in [-0.15, -0.1) is 0 Å². The zero-order valence-electron chi connectivity index (χ0n) is 11.8. The number of urea groups is 1. The predicted octanol–water partition coefficient (Wildman–Crippen LogP) is 1.61. The molecule has 7 nitrogen and oxygen atoms in total. The number of nitrogens with zero attached hydrogens (tertiary/aromatic N) is 2. The quantitative estimate of drug-likeness (QED) is 0.877. The average Bonchev–Trinajstić information content (AvgIpc) is 2.96. The molecule has 1 saturated heterocycles. The summed E-state index contributed by atoms with van der Waals surface area (Å²) < 4.78 is 5.07. The number of hydrogen-bond donors (Lipinski definition) is 2. The second-order valence-corrected chi connectivity index (χ2v) is 5.10. The topological polar surface area (TPSA) is 95.7 Å². The molecule has 0 radical (unpaired) electrons. The normalized spacial score (nSPS) is 19.9. The van der Waals surface area contributed by atoms with Gasteiger partial charge in [0.25, 0.3) is 0 Å². The Morgan fingerprint density at radius 1 is 1.50 bits per heavy atom. The summed E-state index contributed by atoms with van der Waals surface area (Å²) in [7, 11) is 0. The van der Waals surface area contributed by atoms with E-state index in [9.17, 15) is 9.59 Å². The molecule has 0 saturated carbocycles. The van der Waals surface area contributed by atoms with E-state index in [4.69, 9.17) is 9.63 Å². The number of carboxylic acids is 1. The molecule has 1 unspecified atom stereocenters. The van der Waals surface area contributed by atoms with E-state index in [1.54, 1.807) is 6.92 Å². The van der Waals surface area contributed by atoms with Crippen LogP contribution in [0, 0.1) is 13.8 Å². The molecule has 0 spiro atoms. The molecule has 2 heterocycles. The van der Waals surface area contributed by atoms with Gasteiger partial charge in [0.1, 0.15) is 11.8 Å². The Morgan fingerprint density at radius 3 is 2.75 bits per heavy atom. The molecular weight excluding hydrogens is 262 g/mol. The molecular formula is C13H19N3O4. The molecule has 1 aliphatic heterocycles. The Labute approximate surface area is 116 Å². The first kappa shape index (κ1) is 14.4. The molecule has 0 aliphatic carbocycles. The van der Waals surface area contributed by atoms with Crippen molar-refractivity contribution in [2.45, 2.75) is 45.7 Å². The molecule has 1 aliphatic rings. The zero-order valence-corrected chi connectivity index (χ0v) is 11.8. The van der Waals surface area contributed by atoms with Crippen LogP contribution in [0.3, 0.4) is 0 Å². The summed E-state index contributed by atoms with van der Waals surface area (Å²) in [6.07, 6.45) is 1.21. The zero-order chi connectivity index (χ0) is 14.9. The highest BCUT2D eigenvalue weighted by Crippen LogP contribution is 2.23. The minimum absolute atomic E-state index is 0.274. The van der Waals surface area contributed by atoms with Gasteiger partial charge >= 0.3 is 12.0 Å². The van der Waals surface area contributed by atoms with Crippen LogP contribution >= 0.6 is 0 Å². The lowest BCUT2D eigenvalue weighted by Crippen LogP contribution is -2.46. The molecule has 0 aromatic carbocycles. The van der Waals surface area contributed by atoms with Gasteiger partial charge in [-0.2, -0.15) is 0 Å². The van der Waals surface area contributed by atoms with Crippen LogP contribution in [0.15, 0.2) is 4.52 Å². The number of aryl methyl sites for hydroxylation is 2. The molecule has 2 amide bonds. The minimum Gasteiger partial charge on any atom is -0.480 e. The van der Waals surface area contributed by atoms with Crippen molar-refractivity contribution in [2.24, 2.45) is 0 Å². The number of carboxylic acid groups (broad SMARTS) is 1. The maximum atomic E-state index is 12.2. The van der Waals surface area contributed by atoms with Crippen LogP contribution in [-0.2, 0) is 4.79 Å². The average molecular weight is 281 g/mol. The van der Waals surface area contributed by atoms with Crippen LogP contribution in [0.25, 0.3) is 0 Å². The van der Waals surface area contributed by atoms with Crippen LogP contribution in [0.5, 0.6) is 0 Å². The Hall–Kier alpha value is -2.05. The fraction of sp³-hybridized carbons (Fsp3) is 0.615. The molecule has 2 N–H and O–H groups in total. The molecule has 0 bridgehead atoms. The molecule has 2 atom stereocenters. The summed E-state index contributed by atoms with van der Waals surface area (Å²) in [5.74, 6) is -0.297. The standard InChI is InChI=1S/C13H19N3O4/c1-7(11-8(2)15-20-9(11)3)14-13(19)16-6-4-5-10(16)12(17)18/h7,10H,4-6H2,1-3H3,(H,14,19)(H,17,18)/t7?,10-/m0/s1. The number of amides is 2. The Kier molecular flexibility index (Phi) is 3.96. The number of nitrogens with one attached hydrogen (secondary N) is 1. The van der Waals surface area contributed by atoms with Crippen molar-refractivity contribution in [1.82, 2.24) is 15.4 Å². The largest absolute Gasteiger partial charge is 0.480 e. The molecule has 7 heteroatoms. The number of carbonyl (C=O) groups is 2. The van der Waals surface area contributed by atoms with Crippen molar-refractivity contribution < 1.29 is 19.2 Å². The number of hydrogen-bond acceptors (Lipinski definition) is 4. The fourth-order valence-corrected chi connectivity index (χ4v) is 2.72. The molecule has 2 rings (SSSR count). The van der Waals surface area contributed by atoms with E-state index in [0.717, 1.165) is 11.3 Å². The van der Waals surface area contributed by atoms with Gasteiger partial charge in [0, 0.05) is 12.1 Å². The number of aromatic nitrogens is 1. The Balaban J connectivity index is 2.06. The monoisotopic (exact) mass is 281 g/mol. The van der Waals surface area contributed by atoms with E-state index in [-0.39, 0.29) is 12.1 Å². The van der Waals surface area contributed by atoms with E-state index in [1.165, 1.54) is 4.90 Å². The summed E-state index contributed by atoms with van der Waals surface area (Å²) >= 11 is 0. The number of rotatable bonds is 3. The minimum atomic E-state index is -0.956. The van der Waals surface area contributed by atoms with Crippen LogP contribution in [0.2, 0.25) is 0 Å². The first-order valence-corrected chi connectivity index (χ1v) is 6.64. The van der Waals surface area contributed by atoms with Gasteiger partial charge in [-0.05, 0) is 33.6 Å². The summed E-state index contributed by atoms with van der Waals surface area (Å²) in [5.41, 5.74) is 1.57. The van der Waals surface area contributed by atoms with Crippen LogP contribution in [-0.4, -0.2) is 39.8 Å². The summed E-state index contributed by atoms with van der Waals surface area (Å²) in [5, 5.41) is 15.8. The smallest absolute Gasteiger partial charge is 0.326 e. The number of aliphatic carboxylic acids is 1.